The van der Waals surface area contributed by atoms with E-state index < -0.39 is 17.6 Å². The number of alkyl carbamates (subject to hydrolysis) is 1. The quantitative estimate of drug-likeness (QED) is 0.166. The van der Waals surface area contributed by atoms with E-state index in [1.807, 2.05) is 20.8 Å². The second kappa shape index (κ2) is 19.4. The molecule has 0 radical (unpaired) electrons. The van der Waals surface area contributed by atoms with E-state index in [-0.39, 0.29) is 5.97 Å². The third-order valence-corrected chi connectivity index (χ3v) is 5.79. The van der Waals surface area contributed by atoms with E-state index in [4.69, 9.17) is 4.74 Å². The predicted molar refractivity (Wildman–Crippen MR) is 129 cm³/mol. The van der Waals surface area contributed by atoms with Gasteiger partial charge < -0.3 is 14.8 Å². The minimum atomic E-state index is -0.707. The summed E-state index contributed by atoms with van der Waals surface area (Å²) in [5.74, 6) is -0.390. The number of nitrogens with one attached hydrogen (secondary N) is 1. The van der Waals surface area contributed by atoms with Crippen LogP contribution in [0.4, 0.5) is 4.79 Å². The van der Waals surface area contributed by atoms with Crippen molar-refractivity contribution in [2.24, 2.45) is 5.41 Å². The molecule has 0 spiro atoms. The number of hydrogen-bond acceptors (Lipinski definition) is 4. The van der Waals surface area contributed by atoms with Crippen molar-refractivity contribution in [3.63, 3.8) is 0 Å². The van der Waals surface area contributed by atoms with Crippen LogP contribution in [0.3, 0.4) is 0 Å². The summed E-state index contributed by atoms with van der Waals surface area (Å²) in [5.41, 5.74) is -0.431. The average molecular weight is 442 g/mol. The van der Waals surface area contributed by atoms with Gasteiger partial charge in [-0.05, 0) is 11.8 Å². The van der Waals surface area contributed by atoms with Crippen molar-refractivity contribution in [3.05, 3.63) is 0 Å². The van der Waals surface area contributed by atoms with E-state index in [9.17, 15) is 9.59 Å². The van der Waals surface area contributed by atoms with Crippen molar-refractivity contribution < 1.29 is 19.1 Å². The molecule has 0 bridgehead atoms. The molecule has 0 aliphatic heterocycles. The monoisotopic (exact) mass is 441 g/mol. The Labute approximate surface area is 192 Å². The van der Waals surface area contributed by atoms with E-state index in [1.165, 1.54) is 97.0 Å². The topological polar surface area (TPSA) is 64.6 Å². The summed E-state index contributed by atoms with van der Waals surface area (Å²) in [7, 11) is 1.29. The van der Waals surface area contributed by atoms with Gasteiger partial charge in [0.15, 0.2) is 0 Å². The van der Waals surface area contributed by atoms with Crippen molar-refractivity contribution in [1.29, 1.82) is 0 Å². The zero-order valence-corrected chi connectivity index (χ0v) is 21.2. The number of unbranched alkanes of at least 4 members (excludes halogenated alkanes) is 15. The molecule has 0 fully saturated rings. The van der Waals surface area contributed by atoms with E-state index >= 15 is 0 Å². The van der Waals surface area contributed by atoms with Crippen molar-refractivity contribution in [2.75, 3.05) is 13.7 Å². The summed E-state index contributed by atoms with van der Waals surface area (Å²) in [6.07, 6.45) is 20.5. The maximum absolute atomic E-state index is 12.3. The zero-order chi connectivity index (χ0) is 23.4. The smallest absolute Gasteiger partial charge is 0.407 e. The highest BCUT2D eigenvalue weighted by atomic mass is 16.5. The van der Waals surface area contributed by atoms with Gasteiger partial charge in [0.1, 0.15) is 6.04 Å². The fourth-order valence-electron chi connectivity index (χ4n) is 3.71. The van der Waals surface area contributed by atoms with Gasteiger partial charge in [0, 0.05) is 0 Å². The van der Waals surface area contributed by atoms with Gasteiger partial charge in [-0.2, -0.15) is 0 Å². The van der Waals surface area contributed by atoms with Gasteiger partial charge in [0.25, 0.3) is 0 Å². The lowest BCUT2D eigenvalue weighted by Crippen LogP contribution is -2.49. The first-order valence-electron chi connectivity index (χ1n) is 12.8. The molecule has 0 saturated heterocycles. The normalized spacial score (nSPS) is 12.4. The van der Waals surface area contributed by atoms with Crippen molar-refractivity contribution >= 4 is 12.1 Å². The van der Waals surface area contributed by atoms with Gasteiger partial charge >= 0.3 is 12.1 Å². The van der Waals surface area contributed by atoms with Crippen LogP contribution in [-0.4, -0.2) is 31.8 Å². The number of carbonyl (C=O) groups is 2. The first-order chi connectivity index (χ1) is 14.8. The lowest BCUT2D eigenvalue weighted by Gasteiger charge is -2.28. The molecule has 0 aliphatic carbocycles. The van der Waals surface area contributed by atoms with Crippen molar-refractivity contribution in [1.82, 2.24) is 5.32 Å². The van der Waals surface area contributed by atoms with Crippen LogP contribution in [0.15, 0.2) is 0 Å². The summed E-state index contributed by atoms with van der Waals surface area (Å²) in [4.78, 5) is 23.8. The van der Waals surface area contributed by atoms with Gasteiger partial charge in [0.2, 0.25) is 0 Å². The Hall–Kier alpha value is -1.26. The first-order valence-corrected chi connectivity index (χ1v) is 12.8. The van der Waals surface area contributed by atoms with Crippen LogP contribution in [0, 0.1) is 5.41 Å². The molecule has 1 unspecified atom stereocenters. The zero-order valence-electron chi connectivity index (χ0n) is 21.2. The molecule has 0 aliphatic rings. The molecule has 5 nitrogen and oxygen atoms in total. The summed E-state index contributed by atoms with van der Waals surface area (Å²) in [6, 6.07) is -0.707. The number of methoxy groups -OCH3 is 1. The summed E-state index contributed by atoms with van der Waals surface area (Å²) in [5, 5.41) is 2.58. The molecule has 1 atom stereocenters. The van der Waals surface area contributed by atoms with E-state index in [2.05, 4.69) is 17.0 Å². The molecule has 0 aromatic carbocycles. The molecular formula is C26H51NO4. The highest BCUT2D eigenvalue weighted by Gasteiger charge is 2.34. The number of hydrogen-bond donors (Lipinski definition) is 1. The lowest BCUT2D eigenvalue weighted by molar-refractivity contribution is -0.149. The van der Waals surface area contributed by atoms with Gasteiger partial charge in [-0.1, -0.05) is 124 Å². The fraction of sp³-hybridized carbons (Fsp3) is 0.923. The Morgan fingerprint density at radius 2 is 1.10 bits per heavy atom. The maximum Gasteiger partial charge on any atom is 0.407 e. The third-order valence-electron chi connectivity index (χ3n) is 5.79. The molecule has 1 amide bonds. The number of amides is 1. The van der Waals surface area contributed by atoms with Crippen LogP contribution in [0.25, 0.3) is 0 Å². The lowest BCUT2D eigenvalue weighted by atomic mass is 9.87. The van der Waals surface area contributed by atoms with Gasteiger partial charge in [-0.3, -0.25) is 0 Å². The molecule has 184 valence electrons. The molecule has 1 N–H and O–H groups in total. The molecule has 5 heteroatoms. The molecule has 0 aromatic heterocycles. The Morgan fingerprint density at radius 1 is 0.710 bits per heavy atom. The summed E-state index contributed by atoms with van der Waals surface area (Å²) >= 11 is 0. The minimum Gasteiger partial charge on any atom is -0.464 e. The van der Waals surface area contributed by atoms with Gasteiger partial charge in [-0.15, -0.1) is 0 Å². The molecule has 0 rings (SSSR count). The predicted octanol–water partition coefficient (Wildman–Crippen LogP) is 7.56. The molecule has 0 aromatic rings. The summed E-state index contributed by atoms with van der Waals surface area (Å²) < 4.78 is 9.99. The SMILES string of the molecule is CCCCCCCCCCCCCCCCCCOC(=O)C(NC(=O)OC)C(C)(C)C. The molecule has 0 saturated carbocycles. The van der Waals surface area contributed by atoms with Crippen LogP contribution in [0.2, 0.25) is 0 Å². The highest BCUT2D eigenvalue weighted by Crippen LogP contribution is 2.21. The number of rotatable bonds is 19. The number of carbonyl (C=O) groups excluding carboxylic acids is 2. The average Bonchev–Trinajstić information content (AvgIpc) is 2.72. The van der Waals surface area contributed by atoms with E-state index in [0.29, 0.717) is 6.61 Å². The Bertz CT molecular complexity index is 445. The Morgan fingerprint density at radius 3 is 1.45 bits per heavy atom. The van der Waals surface area contributed by atoms with Crippen LogP contribution in [-0.2, 0) is 14.3 Å². The second-order valence-corrected chi connectivity index (χ2v) is 9.91. The van der Waals surface area contributed by atoms with E-state index in [1.54, 1.807) is 0 Å². The van der Waals surface area contributed by atoms with Crippen molar-refractivity contribution in [3.8, 4) is 0 Å². The fourth-order valence-corrected chi connectivity index (χ4v) is 3.71. The molecule has 31 heavy (non-hydrogen) atoms. The molecule has 0 heterocycles. The second-order valence-electron chi connectivity index (χ2n) is 9.91. The number of ether oxygens (including phenoxy) is 2. The van der Waals surface area contributed by atoms with Crippen LogP contribution in [0.1, 0.15) is 130 Å². The highest BCUT2D eigenvalue weighted by molar-refractivity contribution is 5.82. The number of esters is 1. The maximum atomic E-state index is 12.3. The standard InChI is InChI=1S/C26H51NO4/c1-6-7-8-9-10-11-12-13-14-15-16-17-18-19-20-21-22-31-24(28)23(26(2,3)4)27-25(29)30-5/h23H,6-22H2,1-5H3,(H,27,29). The van der Waals surface area contributed by atoms with Crippen LogP contribution in [0.5, 0.6) is 0 Å². The molecular weight excluding hydrogens is 390 g/mol. The van der Waals surface area contributed by atoms with E-state index in [0.717, 1.165) is 12.8 Å². The largest absolute Gasteiger partial charge is 0.464 e. The minimum absolute atomic E-state index is 0.390. The summed E-state index contributed by atoms with van der Waals surface area (Å²) in [6.45, 7) is 8.36. The van der Waals surface area contributed by atoms with Crippen LogP contribution >= 0.6 is 0 Å². The Balaban J connectivity index is 3.54. The Kier molecular flexibility index (Phi) is 18.6. The van der Waals surface area contributed by atoms with Crippen LogP contribution < -0.4 is 5.32 Å². The third kappa shape index (κ3) is 18.1. The van der Waals surface area contributed by atoms with Gasteiger partial charge in [0.05, 0.1) is 13.7 Å². The van der Waals surface area contributed by atoms with Crippen molar-refractivity contribution in [2.45, 2.75) is 136 Å². The van der Waals surface area contributed by atoms with Gasteiger partial charge in [-0.25, -0.2) is 9.59 Å². The first kappa shape index (κ1) is 29.7.